The molecule has 1 rings (SSSR count). The summed E-state index contributed by atoms with van der Waals surface area (Å²) >= 11 is 0. The van der Waals surface area contributed by atoms with Crippen LogP contribution in [0.25, 0.3) is 0 Å². The highest BCUT2D eigenvalue weighted by Crippen LogP contribution is 2.35. The Morgan fingerprint density at radius 3 is 1.90 bits per heavy atom. The Bertz CT molecular complexity index is 134. The van der Waals surface area contributed by atoms with Crippen LogP contribution in [0.15, 0.2) is 0 Å². The van der Waals surface area contributed by atoms with E-state index < -0.39 is 0 Å². The molecule has 2 atom stereocenters. The van der Waals surface area contributed by atoms with Gasteiger partial charge in [0.25, 0.3) is 0 Å². The summed E-state index contributed by atoms with van der Waals surface area (Å²) in [7, 11) is 0. The normalized spacial score (nSPS) is 34.6. The molecule has 0 unspecified atom stereocenters. The van der Waals surface area contributed by atoms with Gasteiger partial charge < -0.3 is 5.73 Å². The van der Waals surface area contributed by atoms with E-state index in [2.05, 4.69) is 13.8 Å². The van der Waals surface area contributed by atoms with Gasteiger partial charge in [-0.1, -0.05) is 13.8 Å². The van der Waals surface area contributed by atoms with Crippen LogP contribution in [0.3, 0.4) is 0 Å². The summed E-state index contributed by atoms with van der Waals surface area (Å²) in [6.45, 7) is 4.22. The standard InChI is InChI=1S/C8H15NO/c1-5-3-4-6(2)7(5)8(9)10/h5-7H,3-4H2,1-2H3,(H2,9,10)/t5-,6-/m1/s1. The van der Waals surface area contributed by atoms with Crippen molar-refractivity contribution >= 4 is 5.91 Å². The van der Waals surface area contributed by atoms with E-state index in [-0.39, 0.29) is 11.8 Å². The molecule has 58 valence electrons. The van der Waals surface area contributed by atoms with Gasteiger partial charge >= 0.3 is 0 Å². The Hall–Kier alpha value is -0.530. The minimum absolute atomic E-state index is 0.113. The van der Waals surface area contributed by atoms with Gasteiger partial charge in [0, 0.05) is 5.92 Å². The summed E-state index contributed by atoms with van der Waals surface area (Å²) in [6, 6.07) is 0. The van der Waals surface area contributed by atoms with E-state index in [1.165, 1.54) is 0 Å². The summed E-state index contributed by atoms with van der Waals surface area (Å²) in [5.41, 5.74) is 5.24. The maximum Gasteiger partial charge on any atom is 0.221 e. The van der Waals surface area contributed by atoms with Crippen LogP contribution in [0.1, 0.15) is 26.7 Å². The largest absolute Gasteiger partial charge is 0.369 e. The van der Waals surface area contributed by atoms with Crippen LogP contribution >= 0.6 is 0 Å². The molecule has 0 heterocycles. The summed E-state index contributed by atoms with van der Waals surface area (Å²) in [4.78, 5) is 10.8. The van der Waals surface area contributed by atoms with Gasteiger partial charge in [0.2, 0.25) is 5.91 Å². The number of rotatable bonds is 1. The highest BCUT2D eigenvalue weighted by atomic mass is 16.1. The zero-order valence-electron chi connectivity index (χ0n) is 6.63. The number of hydrogen-bond acceptors (Lipinski definition) is 1. The molecule has 1 saturated carbocycles. The molecule has 0 spiro atoms. The summed E-state index contributed by atoms with van der Waals surface area (Å²) in [5, 5.41) is 0. The minimum atomic E-state index is -0.113. The van der Waals surface area contributed by atoms with Gasteiger partial charge in [-0.15, -0.1) is 0 Å². The van der Waals surface area contributed by atoms with Gasteiger partial charge in [0.15, 0.2) is 0 Å². The lowest BCUT2D eigenvalue weighted by molar-refractivity contribution is -0.123. The van der Waals surface area contributed by atoms with Crippen molar-refractivity contribution in [3.05, 3.63) is 0 Å². The van der Waals surface area contributed by atoms with Gasteiger partial charge in [0.05, 0.1) is 0 Å². The quantitative estimate of drug-likeness (QED) is 0.585. The molecule has 0 aromatic rings. The molecule has 2 nitrogen and oxygen atoms in total. The van der Waals surface area contributed by atoms with Crippen LogP contribution in [-0.4, -0.2) is 5.91 Å². The van der Waals surface area contributed by atoms with E-state index in [1.807, 2.05) is 0 Å². The fourth-order valence-electron chi connectivity index (χ4n) is 2.01. The smallest absolute Gasteiger partial charge is 0.221 e. The maximum atomic E-state index is 10.8. The van der Waals surface area contributed by atoms with Crippen molar-refractivity contribution in [2.45, 2.75) is 26.7 Å². The first-order valence-electron chi connectivity index (χ1n) is 3.92. The molecule has 2 heteroatoms. The van der Waals surface area contributed by atoms with Gasteiger partial charge in [0.1, 0.15) is 0 Å². The van der Waals surface area contributed by atoms with Crippen molar-refractivity contribution in [1.82, 2.24) is 0 Å². The van der Waals surface area contributed by atoms with Crippen LogP contribution in [0.2, 0.25) is 0 Å². The zero-order chi connectivity index (χ0) is 7.72. The number of amides is 1. The van der Waals surface area contributed by atoms with Crippen molar-refractivity contribution in [3.8, 4) is 0 Å². The number of nitrogens with two attached hydrogens (primary N) is 1. The molecule has 0 aromatic carbocycles. The fraction of sp³-hybridized carbons (Fsp3) is 0.875. The maximum absolute atomic E-state index is 10.8. The molecule has 10 heavy (non-hydrogen) atoms. The van der Waals surface area contributed by atoms with Crippen LogP contribution in [0.4, 0.5) is 0 Å². The lowest BCUT2D eigenvalue weighted by atomic mass is 9.91. The molecule has 0 radical (unpaired) electrons. The summed E-state index contributed by atoms with van der Waals surface area (Å²) in [5.74, 6) is 1.04. The van der Waals surface area contributed by atoms with Crippen molar-refractivity contribution in [2.24, 2.45) is 23.5 Å². The third-order valence-electron chi connectivity index (χ3n) is 2.63. The van der Waals surface area contributed by atoms with Gasteiger partial charge in [-0.3, -0.25) is 4.79 Å². The number of carbonyl (C=O) groups is 1. The first-order valence-corrected chi connectivity index (χ1v) is 3.92. The third kappa shape index (κ3) is 1.15. The minimum Gasteiger partial charge on any atom is -0.369 e. The average molecular weight is 141 g/mol. The van der Waals surface area contributed by atoms with E-state index in [0.29, 0.717) is 11.8 Å². The number of hydrogen-bond donors (Lipinski definition) is 1. The zero-order valence-corrected chi connectivity index (χ0v) is 6.63. The summed E-state index contributed by atoms with van der Waals surface area (Å²) < 4.78 is 0. The predicted octanol–water partition coefficient (Wildman–Crippen LogP) is 1.15. The van der Waals surface area contributed by atoms with Crippen LogP contribution < -0.4 is 5.73 Å². The molecule has 1 aliphatic carbocycles. The molecule has 2 N–H and O–H groups in total. The Morgan fingerprint density at radius 1 is 1.30 bits per heavy atom. The second-order valence-electron chi connectivity index (χ2n) is 3.46. The predicted molar refractivity (Wildman–Crippen MR) is 40.2 cm³/mol. The van der Waals surface area contributed by atoms with Crippen molar-refractivity contribution in [1.29, 1.82) is 0 Å². The molecule has 0 aliphatic heterocycles. The third-order valence-corrected chi connectivity index (χ3v) is 2.63. The van der Waals surface area contributed by atoms with E-state index in [4.69, 9.17) is 5.73 Å². The van der Waals surface area contributed by atoms with Crippen LogP contribution in [0, 0.1) is 17.8 Å². The molecule has 1 amide bonds. The molecular weight excluding hydrogens is 126 g/mol. The second kappa shape index (κ2) is 2.60. The number of primary amides is 1. The lowest BCUT2D eigenvalue weighted by Crippen LogP contribution is -2.28. The highest BCUT2D eigenvalue weighted by Gasteiger charge is 2.33. The molecular formula is C8H15NO. The van der Waals surface area contributed by atoms with Crippen LogP contribution in [0.5, 0.6) is 0 Å². The fourth-order valence-corrected chi connectivity index (χ4v) is 2.01. The van der Waals surface area contributed by atoms with Gasteiger partial charge in [-0.25, -0.2) is 0 Å². The topological polar surface area (TPSA) is 43.1 Å². The van der Waals surface area contributed by atoms with Crippen molar-refractivity contribution < 1.29 is 4.79 Å². The van der Waals surface area contributed by atoms with Crippen molar-refractivity contribution in [3.63, 3.8) is 0 Å². The Kier molecular flexibility index (Phi) is 1.97. The monoisotopic (exact) mass is 141 g/mol. The van der Waals surface area contributed by atoms with Gasteiger partial charge in [-0.2, -0.15) is 0 Å². The summed E-state index contributed by atoms with van der Waals surface area (Å²) in [6.07, 6.45) is 2.32. The van der Waals surface area contributed by atoms with E-state index >= 15 is 0 Å². The molecule has 0 saturated heterocycles. The Labute approximate surface area is 61.8 Å². The van der Waals surface area contributed by atoms with E-state index in [1.54, 1.807) is 0 Å². The molecule has 1 fully saturated rings. The second-order valence-corrected chi connectivity index (χ2v) is 3.46. The lowest BCUT2D eigenvalue weighted by Gasteiger charge is -2.14. The molecule has 0 aromatic heterocycles. The number of carbonyl (C=O) groups excluding carboxylic acids is 1. The van der Waals surface area contributed by atoms with E-state index in [0.717, 1.165) is 12.8 Å². The first-order chi connectivity index (χ1) is 4.63. The highest BCUT2D eigenvalue weighted by molar-refractivity contribution is 5.77. The van der Waals surface area contributed by atoms with E-state index in [9.17, 15) is 4.79 Å². The van der Waals surface area contributed by atoms with Crippen molar-refractivity contribution in [2.75, 3.05) is 0 Å². The SMILES string of the molecule is C[C@@H]1CC[C@@H](C)C1C(N)=O. The molecule has 0 bridgehead atoms. The Morgan fingerprint density at radius 2 is 1.70 bits per heavy atom. The first kappa shape index (κ1) is 7.58. The van der Waals surface area contributed by atoms with Gasteiger partial charge in [-0.05, 0) is 24.7 Å². The average Bonchev–Trinajstić information content (AvgIpc) is 2.11. The Balaban J connectivity index is 2.63. The molecule has 1 aliphatic rings. The van der Waals surface area contributed by atoms with Crippen LogP contribution in [-0.2, 0) is 4.79 Å².